The van der Waals surface area contributed by atoms with Crippen LogP contribution in [0.2, 0.25) is 0 Å². The van der Waals surface area contributed by atoms with Crippen molar-refractivity contribution in [3.05, 3.63) is 64.4 Å². The number of aliphatic hydroxyl groups is 3. The molecule has 9 heteroatoms. The van der Waals surface area contributed by atoms with Gasteiger partial charge in [-0.2, -0.15) is 0 Å². The average Bonchev–Trinajstić information content (AvgIpc) is 2.95. The zero-order valence-electron chi connectivity index (χ0n) is 25.6. The summed E-state index contributed by atoms with van der Waals surface area (Å²) in [7, 11) is 7.21. The van der Waals surface area contributed by atoms with Gasteiger partial charge in [0.1, 0.15) is 22.8 Å². The fourth-order valence-corrected chi connectivity index (χ4v) is 6.99. The van der Waals surface area contributed by atoms with E-state index in [4.69, 9.17) is 4.74 Å². The van der Waals surface area contributed by atoms with Crippen molar-refractivity contribution in [2.75, 3.05) is 39.7 Å². The van der Waals surface area contributed by atoms with Gasteiger partial charge in [-0.25, -0.2) is 0 Å². The van der Waals surface area contributed by atoms with Gasteiger partial charge in [-0.05, 0) is 81.1 Å². The second kappa shape index (κ2) is 11.3. The van der Waals surface area contributed by atoms with Crippen molar-refractivity contribution < 1.29 is 34.4 Å². The Bertz CT molecular complexity index is 1550. The van der Waals surface area contributed by atoms with Crippen molar-refractivity contribution in [2.45, 2.75) is 51.2 Å². The Morgan fingerprint density at radius 2 is 1.72 bits per heavy atom. The number of hydrogen-bond donors (Lipinski definition) is 3. The van der Waals surface area contributed by atoms with Gasteiger partial charge in [0.15, 0.2) is 17.2 Å². The Morgan fingerprint density at radius 1 is 1.05 bits per heavy atom. The molecule has 0 aliphatic heterocycles. The zero-order valence-corrected chi connectivity index (χ0v) is 25.6. The summed E-state index contributed by atoms with van der Waals surface area (Å²) >= 11 is 0. The van der Waals surface area contributed by atoms with Crippen molar-refractivity contribution in [3.63, 3.8) is 0 Å². The SMILES string of the molecule is CCCCOc1ccc(-c2ccc(N(C)C)cc2)c2c1C(O)=C1C(=O)[C@]3(O)C(O)=C(C(C)=O)C(=O)[C@@H](N(C)C)[C@@H]3C[C@@H]1C2. The molecule has 5 rings (SSSR count). The van der Waals surface area contributed by atoms with Gasteiger partial charge in [0.05, 0.1) is 18.2 Å². The monoisotopic (exact) mass is 588 g/mol. The lowest BCUT2D eigenvalue weighted by atomic mass is 9.57. The predicted octanol–water partition coefficient (Wildman–Crippen LogP) is 4.27. The van der Waals surface area contributed by atoms with Crippen LogP contribution in [0.5, 0.6) is 5.75 Å². The molecule has 2 aromatic carbocycles. The fraction of sp³-hybridized carbons (Fsp3) is 0.441. The molecule has 0 heterocycles. The number of ether oxygens (including phenoxy) is 1. The van der Waals surface area contributed by atoms with E-state index < -0.39 is 52.2 Å². The Morgan fingerprint density at radius 3 is 2.30 bits per heavy atom. The number of fused-ring (bicyclic) bond motifs is 3. The molecule has 4 atom stereocenters. The molecule has 0 bridgehead atoms. The molecule has 228 valence electrons. The molecule has 1 fully saturated rings. The summed E-state index contributed by atoms with van der Waals surface area (Å²) in [6.07, 6.45) is 2.19. The number of carbonyl (C=O) groups is 3. The van der Waals surface area contributed by atoms with Crippen LogP contribution in [0.4, 0.5) is 5.69 Å². The highest BCUT2D eigenvalue weighted by molar-refractivity contribution is 6.25. The molecule has 3 aliphatic carbocycles. The van der Waals surface area contributed by atoms with Crippen molar-refractivity contribution in [1.82, 2.24) is 4.90 Å². The molecule has 0 spiro atoms. The Hall–Kier alpha value is -3.95. The van der Waals surface area contributed by atoms with Gasteiger partial charge in [-0.15, -0.1) is 0 Å². The van der Waals surface area contributed by atoms with Crippen molar-refractivity contribution in [1.29, 1.82) is 0 Å². The van der Waals surface area contributed by atoms with E-state index in [1.807, 2.05) is 56.3 Å². The van der Waals surface area contributed by atoms with E-state index in [0.29, 0.717) is 24.3 Å². The molecular weight excluding hydrogens is 548 g/mol. The van der Waals surface area contributed by atoms with Crippen LogP contribution < -0.4 is 9.64 Å². The van der Waals surface area contributed by atoms with Crippen LogP contribution in [0.1, 0.15) is 44.2 Å². The second-order valence-corrected chi connectivity index (χ2v) is 12.3. The number of rotatable bonds is 8. The van der Waals surface area contributed by atoms with Crippen LogP contribution in [-0.2, 0) is 20.8 Å². The summed E-state index contributed by atoms with van der Waals surface area (Å²) in [5, 5.41) is 35.0. The third-order valence-corrected chi connectivity index (χ3v) is 9.14. The standard InChI is InChI=1S/C34H40N2O7/c1-7-8-15-43-25-14-13-22(19-9-11-21(12-10-19)35(3)4)23-16-20-17-24-29(36(5)6)31(39)26(18(2)37)32(40)34(24,42)33(41)27(20)30(38)28(23)25/h9-14,20,24,29,38,40,42H,7-8,15-17H2,1-6H3/t20-,24-,29-,34+/m0/s1. The fourth-order valence-electron chi connectivity index (χ4n) is 6.99. The van der Waals surface area contributed by atoms with E-state index in [-0.39, 0.29) is 17.8 Å². The predicted molar refractivity (Wildman–Crippen MR) is 164 cm³/mol. The maximum absolute atomic E-state index is 14.3. The molecule has 3 aliphatic rings. The number of unbranched alkanes of at least 4 members (excludes halogenated alkanes) is 1. The molecular formula is C34H40N2O7. The van der Waals surface area contributed by atoms with Crippen molar-refractivity contribution in [3.8, 4) is 16.9 Å². The maximum Gasteiger partial charge on any atom is 0.202 e. The molecule has 0 saturated heterocycles. The van der Waals surface area contributed by atoms with E-state index in [9.17, 15) is 29.7 Å². The number of benzene rings is 2. The smallest absolute Gasteiger partial charge is 0.202 e. The van der Waals surface area contributed by atoms with Crippen LogP contribution in [0.15, 0.2) is 53.3 Å². The summed E-state index contributed by atoms with van der Waals surface area (Å²) in [4.78, 5) is 43.8. The number of likely N-dealkylation sites (N-methyl/N-ethyl adjacent to an activating group) is 1. The minimum absolute atomic E-state index is 0.0204. The number of anilines is 1. The molecule has 0 amide bonds. The van der Waals surface area contributed by atoms with Gasteiger partial charge < -0.3 is 25.0 Å². The van der Waals surface area contributed by atoms with Crippen molar-refractivity contribution >= 4 is 28.8 Å². The Kier molecular flexibility index (Phi) is 8.00. The average molecular weight is 589 g/mol. The number of carbonyl (C=O) groups excluding carboxylic acids is 3. The summed E-state index contributed by atoms with van der Waals surface area (Å²) in [5.41, 5.74) is 0.913. The molecule has 0 radical (unpaired) electrons. The first-order valence-corrected chi connectivity index (χ1v) is 14.8. The second-order valence-electron chi connectivity index (χ2n) is 12.3. The highest BCUT2D eigenvalue weighted by Crippen LogP contribution is 2.53. The lowest BCUT2D eigenvalue weighted by Gasteiger charge is -2.50. The van der Waals surface area contributed by atoms with E-state index in [2.05, 4.69) is 0 Å². The minimum atomic E-state index is -2.54. The zero-order chi connectivity index (χ0) is 31.4. The van der Waals surface area contributed by atoms with E-state index >= 15 is 0 Å². The number of Topliss-reactive ketones (excluding diaryl/α,β-unsaturated/α-hetero) is 3. The van der Waals surface area contributed by atoms with Crippen LogP contribution in [0.3, 0.4) is 0 Å². The first kappa shape index (κ1) is 30.5. The summed E-state index contributed by atoms with van der Waals surface area (Å²) in [5.74, 6) is -4.64. The summed E-state index contributed by atoms with van der Waals surface area (Å²) in [6.45, 7) is 3.59. The molecule has 9 nitrogen and oxygen atoms in total. The van der Waals surface area contributed by atoms with Gasteiger partial charge in [-0.1, -0.05) is 31.5 Å². The summed E-state index contributed by atoms with van der Waals surface area (Å²) in [6, 6.07) is 10.8. The number of ketones is 3. The van der Waals surface area contributed by atoms with Gasteiger partial charge in [0.25, 0.3) is 0 Å². The van der Waals surface area contributed by atoms with E-state index in [0.717, 1.165) is 42.1 Å². The summed E-state index contributed by atoms with van der Waals surface area (Å²) < 4.78 is 6.11. The molecule has 0 aromatic heterocycles. The lowest BCUT2D eigenvalue weighted by molar-refractivity contribution is -0.153. The first-order chi connectivity index (χ1) is 20.3. The Labute approximate surface area is 252 Å². The third-order valence-electron chi connectivity index (χ3n) is 9.14. The number of hydrogen-bond acceptors (Lipinski definition) is 9. The highest BCUT2D eigenvalue weighted by Gasteiger charge is 2.64. The van der Waals surface area contributed by atoms with Crippen LogP contribution in [0.25, 0.3) is 16.9 Å². The molecule has 43 heavy (non-hydrogen) atoms. The highest BCUT2D eigenvalue weighted by atomic mass is 16.5. The number of nitrogens with zero attached hydrogens (tertiary/aromatic N) is 2. The largest absolute Gasteiger partial charge is 0.508 e. The van der Waals surface area contributed by atoms with Gasteiger partial charge in [0, 0.05) is 31.3 Å². The maximum atomic E-state index is 14.3. The van der Waals surface area contributed by atoms with Crippen LogP contribution >= 0.6 is 0 Å². The topological polar surface area (TPSA) is 128 Å². The Balaban J connectivity index is 1.72. The van der Waals surface area contributed by atoms with Crippen molar-refractivity contribution in [2.24, 2.45) is 11.8 Å². The first-order valence-electron chi connectivity index (χ1n) is 14.8. The number of aliphatic hydroxyl groups excluding tert-OH is 2. The van der Waals surface area contributed by atoms with E-state index in [1.54, 1.807) is 25.1 Å². The van der Waals surface area contributed by atoms with Gasteiger partial charge >= 0.3 is 0 Å². The molecule has 1 saturated carbocycles. The normalized spacial score (nSPS) is 25.0. The molecule has 3 N–H and O–H groups in total. The molecule has 0 unspecified atom stereocenters. The van der Waals surface area contributed by atoms with E-state index in [1.165, 1.54) is 0 Å². The van der Waals surface area contributed by atoms with Gasteiger partial charge in [-0.3, -0.25) is 19.3 Å². The quantitative estimate of drug-likeness (QED) is 0.306. The van der Waals surface area contributed by atoms with Crippen LogP contribution in [0, 0.1) is 11.8 Å². The van der Waals surface area contributed by atoms with Crippen LogP contribution in [-0.4, -0.2) is 84.0 Å². The molecule has 2 aromatic rings. The lowest BCUT2D eigenvalue weighted by Crippen LogP contribution is -2.65. The minimum Gasteiger partial charge on any atom is -0.508 e. The van der Waals surface area contributed by atoms with Gasteiger partial charge in [0.2, 0.25) is 5.78 Å². The third kappa shape index (κ3) is 4.75.